The fourth-order valence-corrected chi connectivity index (χ4v) is 2.89. The summed E-state index contributed by atoms with van der Waals surface area (Å²) in [7, 11) is 3.25. The van der Waals surface area contributed by atoms with E-state index in [0.29, 0.717) is 11.8 Å². The summed E-state index contributed by atoms with van der Waals surface area (Å²) in [6.45, 7) is 0. The highest BCUT2D eigenvalue weighted by molar-refractivity contribution is 5.91. The summed E-state index contributed by atoms with van der Waals surface area (Å²) >= 11 is 0. The van der Waals surface area contributed by atoms with Gasteiger partial charge in [0.25, 0.3) is 0 Å². The lowest BCUT2D eigenvalue weighted by molar-refractivity contribution is 0.395. The number of aromatic nitrogens is 2. The Morgan fingerprint density at radius 2 is 1.04 bits per heavy atom. The Morgan fingerprint density at radius 3 is 1.46 bits per heavy atom. The Kier molecular flexibility index (Phi) is 3.50. The summed E-state index contributed by atoms with van der Waals surface area (Å²) in [6, 6.07) is 20.1. The van der Waals surface area contributed by atoms with Gasteiger partial charge in [0.15, 0.2) is 0 Å². The van der Waals surface area contributed by atoms with E-state index in [4.69, 9.17) is 9.47 Å². The van der Waals surface area contributed by atoms with Crippen LogP contribution in [-0.4, -0.2) is 24.2 Å². The zero-order chi connectivity index (χ0) is 16.5. The van der Waals surface area contributed by atoms with Crippen molar-refractivity contribution in [2.75, 3.05) is 14.2 Å². The minimum atomic E-state index is 0.559. The van der Waals surface area contributed by atoms with E-state index in [2.05, 4.69) is 22.1 Å². The lowest BCUT2D eigenvalue weighted by atomic mass is 10.0. The van der Waals surface area contributed by atoms with Crippen LogP contribution in [0.25, 0.3) is 32.9 Å². The zero-order valence-electron chi connectivity index (χ0n) is 13.5. The fourth-order valence-electron chi connectivity index (χ4n) is 2.89. The van der Waals surface area contributed by atoms with Gasteiger partial charge >= 0.3 is 0 Å². The zero-order valence-corrected chi connectivity index (χ0v) is 13.5. The van der Waals surface area contributed by atoms with Crippen LogP contribution < -0.4 is 9.47 Å². The van der Waals surface area contributed by atoms with Crippen LogP contribution in [0.5, 0.6) is 11.8 Å². The van der Waals surface area contributed by atoms with Crippen molar-refractivity contribution in [3.05, 3.63) is 60.7 Å². The number of fused-ring (bicyclic) bond motifs is 2. The van der Waals surface area contributed by atoms with Gasteiger partial charge in [0.05, 0.1) is 36.4 Å². The van der Waals surface area contributed by atoms with Gasteiger partial charge in [-0.25, -0.2) is 9.97 Å². The second kappa shape index (κ2) is 5.81. The number of nitrogens with zero attached hydrogens (tertiary/aromatic N) is 2. The molecule has 0 aliphatic rings. The molecule has 0 N–H and O–H groups in total. The molecular weight excluding hydrogens is 300 g/mol. The number of hydrogen-bond donors (Lipinski definition) is 0. The van der Waals surface area contributed by atoms with Crippen molar-refractivity contribution in [3.63, 3.8) is 0 Å². The van der Waals surface area contributed by atoms with Crippen molar-refractivity contribution in [2.24, 2.45) is 0 Å². The quantitative estimate of drug-likeness (QED) is 0.559. The van der Waals surface area contributed by atoms with Crippen molar-refractivity contribution in [2.45, 2.75) is 0 Å². The van der Waals surface area contributed by atoms with E-state index in [9.17, 15) is 0 Å². The lowest BCUT2D eigenvalue weighted by Gasteiger charge is -2.13. The molecule has 0 saturated heterocycles. The van der Waals surface area contributed by atoms with Gasteiger partial charge < -0.3 is 9.47 Å². The van der Waals surface area contributed by atoms with Crippen LogP contribution >= 0.6 is 0 Å². The number of methoxy groups -OCH3 is 2. The SMILES string of the molecule is COc1nc2ccccc2cc1-c1cc2ccccc2nc1OC. The van der Waals surface area contributed by atoms with Crippen molar-refractivity contribution in [3.8, 4) is 22.9 Å². The Bertz CT molecular complexity index is 959. The fraction of sp³-hybridized carbons (Fsp3) is 0.100. The molecule has 0 bridgehead atoms. The van der Waals surface area contributed by atoms with Gasteiger partial charge in [-0.2, -0.15) is 0 Å². The molecule has 0 saturated carbocycles. The van der Waals surface area contributed by atoms with Gasteiger partial charge in [0.2, 0.25) is 11.8 Å². The summed E-state index contributed by atoms with van der Waals surface area (Å²) in [5.74, 6) is 1.12. The lowest BCUT2D eigenvalue weighted by Crippen LogP contribution is -1.97. The van der Waals surface area contributed by atoms with Gasteiger partial charge in [-0.1, -0.05) is 36.4 Å². The van der Waals surface area contributed by atoms with Gasteiger partial charge in [-0.05, 0) is 24.3 Å². The highest BCUT2D eigenvalue weighted by Crippen LogP contribution is 2.37. The number of benzene rings is 2. The van der Waals surface area contributed by atoms with Crippen molar-refractivity contribution in [1.82, 2.24) is 9.97 Å². The first-order valence-electron chi connectivity index (χ1n) is 7.68. The largest absolute Gasteiger partial charge is 0.481 e. The monoisotopic (exact) mass is 316 g/mol. The Labute approximate surface area is 139 Å². The molecular formula is C20H16N2O2. The maximum Gasteiger partial charge on any atom is 0.221 e. The topological polar surface area (TPSA) is 44.2 Å². The van der Waals surface area contributed by atoms with Crippen LogP contribution in [0.2, 0.25) is 0 Å². The number of ether oxygens (including phenoxy) is 2. The normalized spacial score (nSPS) is 10.9. The van der Waals surface area contributed by atoms with Gasteiger partial charge in [-0.15, -0.1) is 0 Å². The molecule has 0 radical (unpaired) electrons. The Balaban J connectivity index is 2.04. The molecule has 2 heterocycles. The average Bonchev–Trinajstić information content (AvgIpc) is 2.65. The molecule has 0 fully saturated rings. The minimum Gasteiger partial charge on any atom is -0.481 e. The summed E-state index contributed by atoms with van der Waals surface area (Å²) in [5, 5.41) is 2.09. The molecule has 24 heavy (non-hydrogen) atoms. The van der Waals surface area contributed by atoms with Gasteiger partial charge in [-0.3, -0.25) is 0 Å². The van der Waals surface area contributed by atoms with E-state index < -0.39 is 0 Å². The van der Waals surface area contributed by atoms with E-state index >= 15 is 0 Å². The third-order valence-electron chi connectivity index (χ3n) is 4.05. The van der Waals surface area contributed by atoms with Gasteiger partial charge in [0.1, 0.15) is 0 Å². The van der Waals surface area contributed by atoms with Crippen LogP contribution in [-0.2, 0) is 0 Å². The number of rotatable bonds is 3. The van der Waals surface area contributed by atoms with E-state index in [1.165, 1.54) is 0 Å². The first kappa shape index (κ1) is 14.5. The molecule has 4 heteroatoms. The maximum absolute atomic E-state index is 5.52. The molecule has 0 unspecified atom stereocenters. The summed E-state index contributed by atoms with van der Waals surface area (Å²) in [5.41, 5.74) is 3.52. The molecule has 0 aliphatic heterocycles. The van der Waals surface area contributed by atoms with Crippen molar-refractivity contribution >= 4 is 21.8 Å². The standard InChI is InChI=1S/C20H16N2O2/c1-23-19-15(11-13-7-3-5-9-17(13)21-19)16-12-14-8-4-6-10-18(14)22-20(16)24-2/h3-12H,1-2H3. The first-order valence-corrected chi connectivity index (χ1v) is 7.68. The molecule has 0 spiro atoms. The van der Waals surface area contributed by atoms with E-state index in [1.54, 1.807) is 14.2 Å². The molecule has 0 aliphatic carbocycles. The summed E-state index contributed by atoms with van der Waals surface area (Å²) in [4.78, 5) is 9.24. The van der Waals surface area contributed by atoms with Crippen LogP contribution in [0.4, 0.5) is 0 Å². The van der Waals surface area contributed by atoms with Crippen molar-refractivity contribution < 1.29 is 9.47 Å². The molecule has 4 aromatic rings. The average molecular weight is 316 g/mol. The first-order chi connectivity index (χ1) is 11.8. The van der Waals surface area contributed by atoms with Crippen LogP contribution in [0.15, 0.2) is 60.7 Å². The predicted molar refractivity (Wildman–Crippen MR) is 95.6 cm³/mol. The third-order valence-corrected chi connectivity index (χ3v) is 4.05. The summed E-state index contributed by atoms with van der Waals surface area (Å²) in [6.07, 6.45) is 0. The summed E-state index contributed by atoms with van der Waals surface area (Å²) < 4.78 is 11.0. The van der Waals surface area contributed by atoms with Crippen LogP contribution in [0, 0.1) is 0 Å². The predicted octanol–water partition coefficient (Wildman–Crippen LogP) is 4.47. The second-order valence-corrected chi connectivity index (χ2v) is 5.48. The molecule has 2 aromatic carbocycles. The van der Waals surface area contributed by atoms with Gasteiger partial charge in [0, 0.05) is 10.8 Å². The Morgan fingerprint density at radius 1 is 0.625 bits per heavy atom. The number of para-hydroxylation sites is 2. The highest BCUT2D eigenvalue weighted by atomic mass is 16.5. The Hall–Kier alpha value is -3.14. The molecule has 0 atom stereocenters. The van der Waals surface area contributed by atoms with E-state index in [1.807, 2.05) is 48.5 Å². The molecule has 118 valence electrons. The van der Waals surface area contributed by atoms with Crippen LogP contribution in [0.3, 0.4) is 0 Å². The molecule has 0 amide bonds. The van der Waals surface area contributed by atoms with E-state index in [0.717, 1.165) is 32.9 Å². The maximum atomic E-state index is 5.52. The second-order valence-electron chi connectivity index (χ2n) is 5.48. The smallest absolute Gasteiger partial charge is 0.221 e. The molecule has 4 rings (SSSR count). The number of hydrogen-bond acceptors (Lipinski definition) is 4. The minimum absolute atomic E-state index is 0.559. The van der Waals surface area contributed by atoms with Crippen molar-refractivity contribution in [1.29, 1.82) is 0 Å². The highest BCUT2D eigenvalue weighted by Gasteiger charge is 2.16. The molecule has 4 nitrogen and oxygen atoms in total. The third kappa shape index (κ3) is 2.33. The van der Waals surface area contributed by atoms with Crippen LogP contribution in [0.1, 0.15) is 0 Å². The molecule has 2 aromatic heterocycles. The number of pyridine rings is 2. The van der Waals surface area contributed by atoms with E-state index in [-0.39, 0.29) is 0 Å².